The van der Waals surface area contributed by atoms with E-state index in [1.54, 1.807) is 12.5 Å². The van der Waals surface area contributed by atoms with Gasteiger partial charge in [-0.3, -0.25) is 4.79 Å². The van der Waals surface area contributed by atoms with Gasteiger partial charge in [0, 0.05) is 18.9 Å². The average Bonchev–Trinajstić information content (AvgIpc) is 2.78. The zero-order chi connectivity index (χ0) is 14.6. The smallest absolute Gasteiger partial charge is 0.237 e. The van der Waals surface area contributed by atoms with Crippen LogP contribution in [0.3, 0.4) is 0 Å². The Morgan fingerprint density at radius 2 is 2.05 bits per heavy atom. The van der Waals surface area contributed by atoms with Crippen LogP contribution < -0.4 is 11.1 Å². The van der Waals surface area contributed by atoms with Gasteiger partial charge in [0.1, 0.15) is 0 Å². The Morgan fingerprint density at radius 3 is 2.47 bits per heavy atom. The molecule has 0 aliphatic carbocycles. The van der Waals surface area contributed by atoms with E-state index in [9.17, 15) is 4.79 Å². The lowest BCUT2D eigenvalue weighted by Crippen LogP contribution is -2.53. The third-order valence-electron chi connectivity index (χ3n) is 3.34. The maximum absolute atomic E-state index is 12.1. The Morgan fingerprint density at radius 1 is 1.42 bits per heavy atom. The number of rotatable bonds is 5. The third kappa shape index (κ3) is 4.67. The molecule has 1 aromatic rings. The van der Waals surface area contributed by atoms with Crippen molar-refractivity contribution in [1.82, 2.24) is 14.9 Å². The number of hydrogen-bond donors (Lipinski definition) is 2. The Labute approximate surface area is 115 Å². The van der Waals surface area contributed by atoms with Gasteiger partial charge >= 0.3 is 0 Å². The second-order valence-corrected chi connectivity index (χ2v) is 6.46. The largest absolute Gasteiger partial charge is 0.350 e. The predicted octanol–water partition coefficient (Wildman–Crippen LogP) is 1.40. The molecule has 19 heavy (non-hydrogen) atoms. The lowest BCUT2D eigenvalue weighted by atomic mass is 9.86. The zero-order valence-electron chi connectivity index (χ0n) is 12.6. The fourth-order valence-electron chi connectivity index (χ4n) is 1.71. The molecule has 1 amide bonds. The summed E-state index contributed by atoms with van der Waals surface area (Å²) in [5.41, 5.74) is 5.85. The molecule has 2 atom stereocenters. The van der Waals surface area contributed by atoms with Gasteiger partial charge in [-0.15, -0.1) is 0 Å². The van der Waals surface area contributed by atoms with Gasteiger partial charge in [-0.25, -0.2) is 4.98 Å². The number of nitrogens with zero attached hydrogens (tertiary/aromatic N) is 2. The van der Waals surface area contributed by atoms with E-state index in [-0.39, 0.29) is 23.3 Å². The van der Waals surface area contributed by atoms with Crippen LogP contribution in [0.25, 0.3) is 0 Å². The number of aromatic nitrogens is 2. The first-order valence-corrected chi connectivity index (χ1v) is 6.73. The van der Waals surface area contributed by atoms with Crippen LogP contribution in [0.4, 0.5) is 0 Å². The van der Waals surface area contributed by atoms with Crippen molar-refractivity contribution in [3.63, 3.8) is 0 Å². The van der Waals surface area contributed by atoms with Gasteiger partial charge in [0.15, 0.2) is 0 Å². The highest BCUT2D eigenvalue weighted by atomic mass is 16.2. The molecular formula is C14H26N4O. The van der Waals surface area contributed by atoms with Crippen molar-refractivity contribution in [3.8, 4) is 0 Å². The number of carbonyl (C=O) groups is 1. The summed E-state index contributed by atoms with van der Waals surface area (Å²) in [6.07, 6.45) is 5.39. The topological polar surface area (TPSA) is 72.9 Å². The molecule has 0 aliphatic rings. The van der Waals surface area contributed by atoms with Gasteiger partial charge in [-0.05, 0) is 11.3 Å². The number of amides is 1. The monoisotopic (exact) mass is 266 g/mol. The molecule has 0 aromatic carbocycles. The molecule has 3 N–H and O–H groups in total. The first-order chi connectivity index (χ1) is 8.71. The number of imidazole rings is 1. The molecule has 1 heterocycles. The summed E-state index contributed by atoms with van der Waals surface area (Å²) in [5, 5.41) is 3.06. The van der Waals surface area contributed by atoms with Gasteiger partial charge in [-0.2, -0.15) is 0 Å². The van der Waals surface area contributed by atoms with E-state index in [0.717, 1.165) is 0 Å². The SMILES string of the molecule is CC(C)C(N)C(=O)NC(Cn1ccnc1)C(C)(C)C. The van der Waals surface area contributed by atoms with Crippen molar-refractivity contribution in [2.75, 3.05) is 0 Å². The first-order valence-electron chi connectivity index (χ1n) is 6.73. The van der Waals surface area contributed by atoms with Crippen molar-refractivity contribution in [1.29, 1.82) is 0 Å². The Kier molecular flexibility index (Phi) is 5.11. The molecule has 0 radical (unpaired) electrons. The molecule has 0 aliphatic heterocycles. The van der Waals surface area contributed by atoms with Gasteiger partial charge in [-0.1, -0.05) is 34.6 Å². The van der Waals surface area contributed by atoms with Crippen LogP contribution in [0.15, 0.2) is 18.7 Å². The van der Waals surface area contributed by atoms with Crippen molar-refractivity contribution < 1.29 is 4.79 Å². The third-order valence-corrected chi connectivity index (χ3v) is 3.34. The highest BCUT2D eigenvalue weighted by molar-refractivity contribution is 5.82. The van der Waals surface area contributed by atoms with E-state index >= 15 is 0 Å². The molecule has 2 unspecified atom stereocenters. The van der Waals surface area contributed by atoms with Crippen molar-refractivity contribution in [2.24, 2.45) is 17.1 Å². The van der Waals surface area contributed by atoms with E-state index in [4.69, 9.17) is 5.73 Å². The van der Waals surface area contributed by atoms with Gasteiger partial charge < -0.3 is 15.6 Å². The molecule has 0 saturated carbocycles. The van der Waals surface area contributed by atoms with Crippen LogP contribution in [0.5, 0.6) is 0 Å². The van der Waals surface area contributed by atoms with Crippen molar-refractivity contribution in [3.05, 3.63) is 18.7 Å². The van der Waals surface area contributed by atoms with Gasteiger partial charge in [0.05, 0.1) is 18.4 Å². The minimum Gasteiger partial charge on any atom is -0.350 e. The van der Waals surface area contributed by atoms with E-state index in [1.165, 1.54) is 0 Å². The van der Waals surface area contributed by atoms with Crippen LogP contribution in [0, 0.1) is 11.3 Å². The van der Waals surface area contributed by atoms with E-state index in [1.807, 2.05) is 24.6 Å². The lowest BCUT2D eigenvalue weighted by molar-refractivity contribution is -0.124. The van der Waals surface area contributed by atoms with Crippen molar-refractivity contribution in [2.45, 2.75) is 53.2 Å². The maximum atomic E-state index is 12.1. The normalized spacial score (nSPS) is 15.3. The average molecular weight is 266 g/mol. The fourth-order valence-corrected chi connectivity index (χ4v) is 1.71. The summed E-state index contributed by atoms with van der Waals surface area (Å²) in [4.78, 5) is 16.1. The molecule has 0 bridgehead atoms. The fraction of sp³-hybridized carbons (Fsp3) is 0.714. The molecule has 0 saturated heterocycles. The van der Waals surface area contributed by atoms with Crippen molar-refractivity contribution >= 4 is 5.91 Å². The molecule has 5 heteroatoms. The van der Waals surface area contributed by atoms with E-state index < -0.39 is 6.04 Å². The van der Waals surface area contributed by atoms with Crippen LogP contribution in [0.1, 0.15) is 34.6 Å². The summed E-state index contributed by atoms with van der Waals surface area (Å²) in [6.45, 7) is 10.9. The van der Waals surface area contributed by atoms with Crippen LogP contribution in [-0.4, -0.2) is 27.5 Å². The minimum absolute atomic E-state index is 0.0130. The summed E-state index contributed by atoms with van der Waals surface area (Å²) < 4.78 is 1.97. The molecule has 5 nitrogen and oxygen atoms in total. The summed E-state index contributed by atoms with van der Waals surface area (Å²) in [6, 6.07) is -0.452. The predicted molar refractivity (Wildman–Crippen MR) is 76.4 cm³/mol. The maximum Gasteiger partial charge on any atom is 0.237 e. The molecule has 108 valence electrons. The first kappa shape index (κ1) is 15.7. The minimum atomic E-state index is -0.465. The zero-order valence-corrected chi connectivity index (χ0v) is 12.6. The highest BCUT2D eigenvalue weighted by Crippen LogP contribution is 2.21. The van der Waals surface area contributed by atoms with E-state index in [2.05, 4.69) is 31.1 Å². The standard InChI is InChI=1S/C14H26N4O/c1-10(2)12(15)13(19)17-11(14(3,4)5)8-18-7-6-16-9-18/h6-7,9-12H,8,15H2,1-5H3,(H,17,19). The summed E-state index contributed by atoms with van der Waals surface area (Å²) >= 11 is 0. The van der Waals surface area contributed by atoms with E-state index in [0.29, 0.717) is 6.54 Å². The molecule has 1 aromatic heterocycles. The van der Waals surface area contributed by atoms with Crippen LogP contribution >= 0.6 is 0 Å². The molecular weight excluding hydrogens is 240 g/mol. The number of nitrogens with one attached hydrogen (secondary N) is 1. The van der Waals surface area contributed by atoms with Crippen LogP contribution in [0.2, 0.25) is 0 Å². The number of hydrogen-bond acceptors (Lipinski definition) is 3. The molecule has 1 rings (SSSR count). The van der Waals surface area contributed by atoms with Gasteiger partial charge in [0.2, 0.25) is 5.91 Å². The second-order valence-electron chi connectivity index (χ2n) is 6.46. The summed E-state index contributed by atoms with van der Waals surface area (Å²) in [7, 11) is 0. The Balaban J connectivity index is 2.73. The Hall–Kier alpha value is -1.36. The number of carbonyl (C=O) groups excluding carboxylic acids is 1. The lowest BCUT2D eigenvalue weighted by Gasteiger charge is -2.33. The Bertz CT molecular complexity index is 392. The highest BCUT2D eigenvalue weighted by Gasteiger charge is 2.29. The van der Waals surface area contributed by atoms with Gasteiger partial charge in [0.25, 0.3) is 0 Å². The van der Waals surface area contributed by atoms with Crippen LogP contribution in [-0.2, 0) is 11.3 Å². The molecule has 0 fully saturated rings. The molecule has 0 spiro atoms. The number of nitrogens with two attached hydrogens (primary N) is 1. The second kappa shape index (κ2) is 6.19. The quantitative estimate of drug-likeness (QED) is 0.846. The summed E-state index contributed by atoms with van der Waals surface area (Å²) in [5.74, 6) is 0.0453.